The monoisotopic (exact) mass is 468 g/mol. The topological polar surface area (TPSA) is 173 Å². The molecule has 0 saturated carbocycles. The molecule has 29 heavy (non-hydrogen) atoms. The summed E-state index contributed by atoms with van der Waals surface area (Å²) in [6.45, 7) is 2.66. The van der Waals surface area contributed by atoms with Crippen LogP contribution in [-0.4, -0.2) is 75.5 Å². The summed E-state index contributed by atoms with van der Waals surface area (Å²) in [5.74, 6) is -0.523. The Morgan fingerprint density at radius 2 is 0.897 bits per heavy atom. The largest absolute Gasteiger partial charge is 2.00 e. The summed E-state index contributed by atoms with van der Waals surface area (Å²) in [5.41, 5.74) is 0.898. The van der Waals surface area contributed by atoms with Crippen LogP contribution in [0.25, 0.3) is 0 Å². The summed E-state index contributed by atoms with van der Waals surface area (Å²) in [6.07, 6.45) is 0. The first-order chi connectivity index (χ1) is 12.8. The van der Waals surface area contributed by atoms with E-state index in [9.17, 15) is 35.5 Å². The maximum Gasteiger partial charge on any atom is 2.00 e. The van der Waals surface area contributed by atoms with Crippen molar-refractivity contribution in [3.63, 3.8) is 0 Å². The van der Waals surface area contributed by atoms with E-state index in [1.807, 2.05) is 0 Å². The first-order valence-electron chi connectivity index (χ1n) is 7.46. The molecule has 0 atom stereocenters. The average Bonchev–Trinajstić information content (AvgIpc) is 2.53. The van der Waals surface area contributed by atoms with Gasteiger partial charge in [0.1, 0.15) is 20.2 Å². The number of nitrogens with one attached hydrogen (secondary N) is 2. The van der Waals surface area contributed by atoms with Gasteiger partial charge in [0.25, 0.3) is 0 Å². The van der Waals surface area contributed by atoms with Crippen LogP contribution in [0.15, 0.2) is 58.3 Å². The summed E-state index contributed by atoms with van der Waals surface area (Å²) in [7, 11) is -8.82. The van der Waals surface area contributed by atoms with Crippen LogP contribution >= 0.6 is 0 Å². The van der Waals surface area contributed by atoms with Gasteiger partial charge in [0.15, 0.2) is 0 Å². The second-order valence-electron chi connectivity index (χ2n) is 5.32. The van der Waals surface area contributed by atoms with Gasteiger partial charge in [-0.25, -0.2) is 16.8 Å². The molecule has 2 N–H and O–H groups in total. The van der Waals surface area contributed by atoms with Gasteiger partial charge in [-0.05, 0) is 48.5 Å². The van der Waals surface area contributed by atoms with Crippen molar-refractivity contribution in [1.82, 2.24) is 0 Å². The van der Waals surface area contributed by atoms with Gasteiger partial charge in [0, 0.05) is 25.2 Å². The summed E-state index contributed by atoms with van der Waals surface area (Å²) in [4.78, 5) is 20.6. The van der Waals surface area contributed by atoms with Crippen molar-refractivity contribution in [2.24, 2.45) is 0 Å². The van der Waals surface area contributed by atoms with Crippen LogP contribution < -0.4 is 10.6 Å². The van der Waals surface area contributed by atoms with Gasteiger partial charge in [-0.3, -0.25) is 9.59 Å². The summed E-state index contributed by atoms with van der Waals surface area (Å²) in [6, 6.07) is 10.00. The number of hydrogen-bond donors (Lipinski definition) is 2. The summed E-state index contributed by atoms with van der Waals surface area (Å²) < 4.78 is 63.1. The van der Waals surface area contributed by atoms with E-state index in [1.165, 1.54) is 38.1 Å². The Kier molecular flexibility index (Phi) is 11.0. The minimum Gasteiger partial charge on any atom is -0.744 e. The molecule has 0 spiro atoms. The standard InChI is InChI=1S/2C8H9NO4S.Ca/c2*1-6(10)9-7-2-4-8(5-3-7)14(11,12)13;/h2*2-5H,1H3,(H,9,10)(H,11,12,13);/q;;+2/p-2. The Morgan fingerprint density at radius 3 is 1.07 bits per heavy atom. The molecule has 0 unspecified atom stereocenters. The van der Waals surface area contributed by atoms with Crippen molar-refractivity contribution in [1.29, 1.82) is 0 Å². The second-order valence-corrected chi connectivity index (χ2v) is 8.08. The van der Waals surface area contributed by atoms with E-state index in [0.717, 1.165) is 24.3 Å². The molecule has 0 aliphatic heterocycles. The molecule has 0 fully saturated rings. The zero-order chi connectivity index (χ0) is 21.5. The smallest absolute Gasteiger partial charge is 0.744 e. The molecule has 152 valence electrons. The number of carbonyl (C=O) groups excluding carboxylic acids is 2. The first kappa shape index (κ1) is 27.5. The molecule has 2 amide bonds. The van der Waals surface area contributed by atoms with Crippen LogP contribution in [-0.2, 0) is 29.8 Å². The van der Waals surface area contributed by atoms with E-state index in [-0.39, 0.29) is 59.3 Å². The number of carbonyl (C=O) groups is 2. The molecule has 0 heterocycles. The maximum absolute atomic E-state index is 10.6. The summed E-state index contributed by atoms with van der Waals surface area (Å²) >= 11 is 0. The molecule has 2 rings (SSSR count). The van der Waals surface area contributed by atoms with E-state index >= 15 is 0 Å². The summed E-state index contributed by atoms with van der Waals surface area (Å²) in [5, 5.41) is 4.90. The van der Waals surface area contributed by atoms with Gasteiger partial charge in [-0.1, -0.05) is 0 Å². The minimum atomic E-state index is -4.41. The molecule has 0 aliphatic rings. The van der Waals surface area contributed by atoms with Crippen molar-refractivity contribution >= 4 is 81.2 Å². The van der Waals surface area contributed by atoms with Crippen molar-refractivity contribution in [2.45, 2.75) is 23.6 Å². The molecule has 2 aromatic carbocycles. The Hall–Kier alpha value is -1.54. The van der Waals surface area contributed by atoms with Gasteiger partial charge < -0.3 is 19.7 Å². The van der Waals surface area contributed by atoms with Crippen LogP contribution in [0.5, 0.6) is 0 Å². The predicted molar refractivity (Wildman–Crippen MR) is 103 cm³/mol. The fourth-order valence-electron chi connectivity index (χ4n) is 1.82. The van der Waals surface area contributed by atoms with Gasteiger partial charge >= 0.3 is 37.7 Å². The predicted octanol–water partition coefficient (Wildman–Crippen LogP) is 0.717. The molecule has 0 saturated heterocycles. The van der Waals surface area contributed by atoms with Crippen molar-refractivity contribution in [3.05, 3.63) is 48.5 Å². The third-order valence-electron chi connectivity index (χ3n) is 2.93. The first-order valence-corrected chi connectivity index (χ1v) is 10.3. The normalized spacial score (nSPS) is 10.6. The third-order valence-corrected chi connectivity index (χ3v) is 4.63. The number of amides is 2. The van der Waals surface area contributed by atoms with Crippen LogP contribution in [0.3, 0.4) is 0 Å². The SMILES string of the molecule is CC(=O)Nc1ccc(S(=O)(=O)[O-])cc1.CC(=O)Nc1ccc(S(=O)(=O)[O-])cc1.[Ca+2]. The quantitative estimate of drug-likeness (QED) is 0.488. The molecule has 10 nitrogen and oxygen atoms in total. The Morgan fingerprint density at radius 1 is 0.655 bits per heavy atom. The zero-order valence-electron chi connectivity index (χ0n) is 15.4. The second kappa shape index (κ2) is 11.6. The number of rotatable bonds is 4. The fraction of sp³-hybridized carbons (Fsp3) is 0.125. The molecule has 0 radical (unpaired) electrons. The minimum absolute atomic E-state index is 0. The van der Waals surface area contributed by atoms with Crippen molar-refractivity contribution in [2.75, 3.05) is 10.6 Å². The maximum atomic E-state index is 10.6. The molecule has 0 aliphatic carbocycles. The van der Waals surface area contributed by atoms with E-state index in [0.29, 0.717) is 11.4 Å². The Bertz CT molecular complexity index is 964. The Labute approximate surface area is 198 Å². The number of benzene rings is 2. The third kappa shape index (κ3) is 10.7. The van der Waals surface area contributed by atoms with Gasteiger partial charge in [0.05, 0.1) is 9.79 Å². The van der Waals surface area contributed by atoms with Crippen molar-refractivity contribution < 1.29 is 35.5 Å². The van der Waals surface area contributed by atoms with E-state index in [1.54, 1.807) is 0 Å². The molecular formula is C16H16CaN2O8S2. The Balaban J connectivity index is 0.000000523. The molecule has 0 aromatic heterocycles. The van der Waals surface area contributed by atoms with Crippen LogP contribution in [0, 0.1) is 0 Å². The fourth-order valence-corrected chi connectivity index (χ4v) is 2.76. The molecule has 13 heteroatoms. The van der Waals surface area contributed by atoms with E-state index < -0.39 is 20.2 Å². The van der Waals surface area contributed by atoms with Crippen LogP contribution in [0.4, 0.5) is 11.4 Å². The molecular weight excluding hydrogens is 452 g/mol. The van der Waals surface area contributed by atoms with Gasteiger partial charge in [-0.2, -0.15) is 0 Å². The van der Waals surface area contributed by atoms with E-state index in [4.69, 9.17) is 0 Å². The van der Waals surface area contributed by atoms with Crippen LogP contribution in [0.2, 0.25) is 0 Å². The van der Waals surface area contributed by atoms with Crippen LogP contribution in [0.1, 0.15) is 13.8 Å². The average molecular weight is 469 g/mol. The zero-order valence-corrected chi connectivity index (χ0v) is 19.2. The van der Waals surface area contributed by atoms with Gasteiger partial charge in [-0.15, -0.1) is 0 Å². The number of anilines is 2. The van der Waals surface area contributed by atoms with Crippen molar-refractivity contribution in [3.8, 4) is 0 Å². The molecule has 0 bridgehead atoms. The van der Waals surface area contributed by atoms with Gasteiger partial charge in [0.2, 0.25) is 11.8 Å². The number of hydrogen-bond acceptors (Lipinski definition) is 8. The van der Waals surface area contributed by atoms with E-state index in [2.05, 4.69) is 10.6 Å². The molecule has 2 aromatic rings.